The zero-order valence-corrected chi connectivity index (χ0v) is 17.5. The van der Waals surface area contributed by atoms with Crippen molar-refractivity contribution in [2.75, 3.05) is 25.5 Å². The van der Waals surface area contributed by atoms with Crippen molar-refractivity contribution < 1.29 is 4.39 Å². The van der Waals surface area contributed by atoms with Gasteiger partial charge in [-0.2, -0.15) is 0 Å². The zero-order chi connectivity index (χ0) is 17.8. The van der Waals surface area contributed by atoms with E-state index in [0.717, 1.165) is 18.5 Å². The van der Waals surface area contributed by atoms with Gasteiger partial charge in [0.05, 0.1) is 5.02 Å². The Morgan fingerprint density at radius 1 is 1.42 bits per heavy atom. The molecule has 140 valence electrons. The van der Waals surface area contributed by atoms with Gasteiger partial charge in [-0.15, -0.1) is 24.0 Å². The number of rotatable bonds is 4. The number of hydrogen-bond donors (Lipinski definition) is 2. The van der Waals surface area contributed by atoms with E-state index >= 15 is 0 Å². The number of aromatic nitrogens is 1. The van der Waals surface area contributed by atoms with Gasteiger partial charge in [-0.1, -0.05) is 23.7 Å². The van der Waals surface area contributed by atoms with Crippen molar-refractivity contribution in [1.29, 1.82) is 0 Å². The normalized spacial score (nSPS) is 20.7. The summed E-state index contributed by atoms with van der Waals surface area (Å²) in [6, 6.07) is 10.6. The molecule has 1 aliphatic rings. The summed E-state index contributed by atoms with van der Waals surface area (Å²) >= 11 is 5.80. The number of nitrogens with zero attached hydrogens (tertiary/aromatic N) is 3. The lowest BCUT2D eigenvalue weighted by atomic mass is 9.94. The third-order valence-corrected chi connectivity index (χ3v) is 4.78. The fraction of sp³-hybridized carbons (Fsp3) is 0.333. The molecule has 8 heteroatoms. The van der Waals surface area contributed by atoms with E-state index in [-0.39, 0.29) is 41.0 Å². The zero-order valence-electron chi connectivity index (χ0n) is 14.4. The smallest absolute Gasteiger partial charge is 0.194 e. The minimum Gasteiger partial charge on any atom is -0.370 e. The van der Waals surface area contributed by atoms with Crippen molar-refractivity contribution in [3.63, 3.8) is 0 Å². The van der Waals surface area contributed by atoms with Crippen LogP contribution in [0.15, 0.2) is 47.6 Å². The van der Waals surface area contributed by atoms with Gasteiger partial charge in [0.25, 0.3) is 0 Å². The number of halogens is 3. The monoisotopic (exact) mass is 489 g/mol. The molecule has 3 N–H and O–H groups in total. The standard InChI is InChI=1S/C18H21ClFN5.HI/c1-25-9-7-13(17(25)12-5-6-14(19)15(20)10-12)11-23-18(21)24-16-4-2-3-8-22-16;/h2-6,8,10,13,17H,7,9,11H2,1H3,(H3,21,22,23,24);1H. The number of aliphatic imine (C=N–C) groups is 1. The Morgan fingerprint density at radius 2 is 2.23 bits per heavy atom. The molecule has 2 atom stereocenters. The summed E-state index contributed by atoms with van der Waals surface area (Å²) in [4.78, 5) is 10.8. The summed E-state index contributed by atoms with van der Waals surface area (Å²) in [6.07, 6.45) is 2.67. The summed E-state index contributed by atoms with van der Waals surface area (Å²) in [7, 11) is 2.04. The Hall–Kier alpha value is -1.45. The van der Waals surface area contributed by atoms with Crippen LogP contribution in [0.4, 0.5) is 10.2 Å². The number of hydrogen-bond acceptors (Lipinski definition) is 3. The molecule has 0 aliphatic carbocycles. The average Bonchev–Trinajstić information content (AvgIpc) is 2.97. The summed E-state index contributed by atoms with van der Waals surface area (Å²) < 4.78 is 13.8. The minimum absolute atomic E-state index is 0. The minimum atomic E-state index is -0.391. The molecular formula is C18H22ClFIN5. The quantitative estimate of drug-likeness (QED) is 0.388. The van der Waals surface area contributed by atoms with E-state index in [1.807, 2.05) is 31.3 Å². The number of nitrogens with two attached hydrogens (primary N) is 1. The van der Waals surface area contributed by atoms with Crippen molar-refractivity contribution in [2.24, 2.45) is 16.6 Å². The van der Waals surface area contributed by atoms with Crippen LogP contribution in [0.2, 0.25) is 5.02 Å². The molecule has 2 heterocycles. The molecule has 0 radical (unpaired) electrons. The predicted octanol–water partition coefficient (Wildman–Crippen LogP) is 3.91. The van der Waals surface area contributed by atoms with Crippen LogP contribution in [0.3, 0.4) is 0 Å². The lowest BCUT2D eigenvalue weighted by molar-refractivity contribution is 0.279. The molecule has 2 aromatic rings. The second-order valence-electron chi connectivity index (χ2n) is 6.21. The van der Waals surface area contributed by atoms with Gasteiger partial charge in [0.2, 0.25) is 0 Å². The Bertz CT molecular complexity index is 759. The van der Waals surface area contributed by atoms with Gasteiger partial charge in [0.1, 0.15) is 11.6 Å². The van der Waals surface area contributed by atoms with Gasteiger partial charge in [0.15, 0.2) is 5.96 Å². The molecule has 26 heavy (non-hydrogen) atoms. The van der Waals surface area contributed by atoms with E-state index in [0.29, 0.717) is 18.3 Å². The third kappa shape index (κ3) is 5.05. The molecule has 1 saturated heterocycles. The lowest BCUT2D eigenvalue weighted by Gasteiger charge is -2.25. The SMILES string of the molecule is CN1CCC(CN=C(N)Nc2ccccn2)C1c1ccc(Cl)c(F)c1.I. The van der Waals surface area contributed by atoms with Gasteiger partial charge in [-0.05, 0) is 55.8 Å². The topological polar surface area (TPSA) is 66.5 Å². The Morgan fingerprint density at radius 3 is 2.92 bits per heavy atom. The lowest BCUT2D eigenvalue weighted by Crippen LogP contribution is -2.26. The molecule has 5 nitrogen and oxygen atoms in total. The summed E-state index contributed by atoms with van der Waals surface area (Å²) in [6.45, 7) is 1.49. The van der Waals surface area contributed by atoms with E-state index < -0.39 is 5.82 Å². The Kier molecular flexibility index (Phi) is 7.60. The van der Waals surface area contributed by atoms with Crippen molar-refractivity contribution in [2.45, 2.75) is 12.5 Å². The van der Waals surface area contributed by atoms with Crippen LogP contribution in [0.5, 0.6) is 0 Å². The number of guanidine groups is 1. The molecule has 0 saturated carbocycles. The van der Waals surface area contributed by atoms with Crippen LogP contribution in [0.25, 0.3) is 0 Å². The van der Waals surface area contributed by atoms with Crippen molar-refractivity contribution >= 4 is 47.4 Å². The predicted molar refractivity (Wildman–Crippen MR) is 115 cm³/mol. The first-order chi connectivity index (χ1) is 12.0. The highest BCUT2D eigenvalue weighted by Crippen LogP contribution is 2.37. The highest BCUT2D eigenvalue weighted by Gasteiger charge is 2.33. The maximum Gasteiger partial charge on any atom is 0.194 e. The van der Waals surface area contributed by atoms with Crippen molar-refractivity contribution in [3.8, 4) is 0 Å². The Labute approximate surface area is 174 Å². The van der Waals surface area contributed by atoms with E-state index in [1.54, 1.807) is 12.3 Å². The highest BCUT2D eigenvalue weighted by molar-refractivity contribution is 14.0. The first-order valence-electron chi connectivity index (χ1n) is 8.18. The molecule has 0 amide bonds. The number of likely N-dealkylation sites (tertiary alicyclic amines) is 1. The van der Waals surface area contributed by atoms with Gasteiger partial charge in [0, 0.05) is 18.8 Å². The molecule has 2 unspecified atom stereocenters. The van der Waals surface area contributed by atoms with Gasteiger partial charge >= 0.3 is 0 Å². The molecule has 0 bridgehead atoms. The molecular weight excluding hydrogens is 468 g/mol. The van der Waals surface area contributed by atoms with Crippen molar-refractivity contribution in [3.05, 3.63) is 59.0 Å². The average molecular weight is 490 g/mol. The molecule has 3 rings (SSSR count). The second kappa shape index (κ2) is 9.48. The maximum absolute atomic E-state index is 13.8. The van der Waals surface area contributed by atoms with E-state index in [1.165, 1.54) is 6.07 Å². The highest BCUT2D eigenvalue weighted by atomic mass is 127. The fourth-order valence-electron chi connectivity index (χ4n) is 3.26. The molecule has 1 fully saturated rings. The van der Waals surface area contributed by atoms with Crippen molar-refractivity contribution in [1.82, 2.24) is 9.88 Å². The van der Waals surface area contributed by atoms with E-state index in [4.69, 9.17) is 17.3 Å². The van der Waals surface area contributed by atoms with Crippen LogP contribution in [-0.4, -0.2) is 36.0 Å². The second-order valence-corrected chi connectivity index (χ2v) is 6.62. The molecule has 1 aliphatic heterocycles. The summed E-state index contributed by atoms with van der Waals surface area (Å²) in [5.41, 5.74) is 6.87. The van der Waals surface area contributed by atoms with Gasteiger partial charge in [-0.25, -0.2) is 9.37 Å². The molecule has 1 aromatic heterocycles. The summed E-state index contributed by atoms with van der Waals surface area (Å²) in [5, 5.41) is 3.12. The van der Waals surface area contributed by atoms with Crippen LogP contribution < -0.4 is 11.1 Å². The van der Waals surface area contributed by atoms with Crippen LogP contribution >= 0.6 is 35.6 Å². The number of anilines is 1. The fourth-order valence-corrected chi connectivity index (χ4v) is 3.38. The summed E-state index contributed by atoms with van der Waals surface area (Å²) in [5.74, 6) is 0.852. The first kappa shape index (κ1) is 20.9. The number of pyridine rings is 1. The van der Waals surface area contributed by atoms with E-state index in [2.05, 4.69) is 20.2 Å². The third-order valence-electron chi connectivity index (χ3n) is 4.48. The van der Waals surface area contributed by atoms with Gasteiger partial charge in [-0.3, -0.25) is 9.89 Å². The molecule has 1 aromatic carbocycles. The number of benzene rings is 1. The van der Waals surface area contributed by atoms with E-state index in [9.17, 15) is 4.39 Å². The van der Waals surface area contributed by atoms with Crippen LogP contribution in [0, 0.1) is 11.7 Å². The first-order valence-corrected chi connectivity index (χ1v) is 8.55. The Balaban J connectivity index is 0.00000243. The molecule has 0 spiro atoms. The number of nitrogens with one attached hydrogen (secondary N) is 1. The maximum atomic E-state index is 13.8. The van der Waals surface area contributed by atoms with Gasteiger partial charge < -0.3 is 11.1 Å². The largest absolute Gasteiger partial charge is 0.370 e. The van der Waals surface area contributed by atoms with Crippen LogP contribution in [-0.2, 0) is 0 Å². The van der Waals surface area contributed by atoms with Crippen LogP contribution in [0.1, 0.15) is 18.0 Å².